The first-order valence-corrected chi connectivity index (χ1v) is 6.51. The molecule has 1 aliphatic carbocycles. The van der Waals surface area contributed by atoms with E-state index >= 15 is 0 Å². The molecule has 1 saturated carbocycles. The molecule has 0 aliphatic heterocycles. The highest BCUT2D eigenvalue weighted by Crippen LogP contribution is 2.25. The molecular formula is C14H25N. The second-order valence-electron chi connectivity index (χ2n) is 4.80. The van der Waals surface area contributed by atoms with Crippen molar-refractivity contribution in [3.63, 3.8) is 0 Å². The highest BCUT2D eigenvalue weighted by molar-refractivity contribution is 4.83. The van der Waals surface area contributed by atoms with Crippen molar-refractivity contribution in [1.82, 2.24) is 5.32 Å². The lowest BCUT2D eigenvalue weighted by Crippen LogP contribution is -2.34. The first-order valence-electron chi connectivity index (χ1n) is 6.51. The number of nitrogens with one attached hydrogen (secondary N) is 1. The summed E-state index contributed by atoms with van der Waals surface area (Å²) in [5, 5.41) is 3.62. The fourth-order valence-corrected chi connectivity index (χ4v) is 2.50. The fourth-order valence-electron chi connectivity index (χ4n) is 2.50. The maximum atomic E-state index is 5.23. The van der Waals surface area contributed by atoms with Crippen LogP contribution in [0.4, 0.5) is 0 Å². The van der Waals surface area contributed by atoms with Gasteiger partial charge in [-0.15, -0.1) is 12.3 Å². The molecule has 0 saturated heterocycles. The molecule has 0 spiro atoms. The average Bonchev–Trinajstić information content (AvgIpc) is 2.52. The molecule has 0 amide bonds. The topological polar surface area (TPSA) is 12.0 Å². The number of unbranched alkanes of at least 4 members (excludes halogenated alkanes) is 1. The van der Waals surface area contributed by atoms with Crippen LogP contribution in [0.2, 0.25) is 0 Å². The molecule has 1 aliphatic rings. The molecule has 0 heterocycles. The summed E-state index contributed by atoms with van der Waals surface area (Å²) >= 11 is 0. The zero-order valence-electron chi connectivity index (χ0n) is 10.1. The van der Waals surface area contributed by atoms with Gasteiger partial charge >= 0.3 is 0 Å². The SMILES string of the molecule is C#CCCCN[C@H](C)C1CCCCCC1. The lowest BCUT2D eigenvalue weighted by atomic mass is 9.93. The van der Waals surface area contributed by atoms with E-state index in [4.69, 9.17) is 6.42 Å². The van der Waals surface area contributed by atoms with Crippen LogP contribution in [-0.4, -0.2) is 12.6 Å². The second kappa shape index (κ2) is 7.77. The van der Waals surface area contributed by atoms with E-state index in [1.807, 2.05) is 0 Å². The normalized spacial score (nSPS) is 20.5. The summed E-state index contributed by atoms with van der Waals surface area (Å²) in [6.07, 6.45) is 15.8. The molecule has 0 aromatic rings. The smallest absolute Gasteiger partial charge is 0.00981 e. The van der Waals surface area contributed by atoms with Crippen LogP contribution in [0.25, 0.3) is 0 Å². The number of hydrogen-bond acceptors (Lipinski definition) is 1. The minimum absolute atomic E-state index is 0.681. The Bertz CT molecular complexity index is 184. The van der Waals surface area contributed by atoms with Gasteiger partial charge in [0.15, 0.2) is 0 Å². The summed E-state index contributed by atoms with van der Waals surface area (Å²) < 4.78 is 0. The highest BCUT2D eigenvalue weighted by atomic mass is 14.9. The molecule has 1 fully saturated rings. The molecule has 1 N–H and O–H groups in total. The van der Waals surface area contributed by atoms with Gasteiger partial charge in [0.1, 0.15) is 0 Å². The molecule has 86 valence electrons. The average molecular weight is 207 g/mol. The third-order valence-corrected chi connectivity index (χ3v) is 3.57. The van der Waals surface area contributed by atoms with Crippen LogP contribution in [0.3, 0.4) is 0 Å². The van der Waals surface area contributed by atoms with Crippen LogP contribution in [0.1, 0.15) is 58.3 Å². The molecule has 1 atom stereocenters. The zero-order chi connectivity index (χ0) is 10.9. The summed E-state index contributed by atoms with van der Waals surface area (Å²) in [5.41, 5.74) is 0. The van der Waals surface area contributed by atoms with Crippen molar-refractivity contribution in [1.29, 1.82) is 0 Å². The Morgan fingerprint density at radius 3 is 2.53 bits per heavy atom. The molecular weight excluding hydrogens is 182 g/mol. The lowest BCUT2D eigenvalue weighted by molar-refractivity contribution is 0.337. The molecule has 0 aromatic carbocycles. The third-order valence-electron chi connectivity index (χ3n) is 3.57. The zero-order valence-corrected chi connectivity index (χ0v) is 10.1. The molecule has 0 radical (unpaired) electrons. The quantitative estimate of drug-likeness (QED) is 0.414. The first kappa shape index (κ1) is 12.6. The maximum Gasteiger partial charge on any atom is 0.00981 e. The molecule has 1 nitrogen and oxygen atoms in total. The Morgan fingerprint density at radius 2 is 1.93 bits per heavy atom. The Balaban J connectivity index is 2.14. The van der Waals surface area contributed by atoms with Gasteiger partial charge in [-0.3, -0.25) is 0 Å². The Kier molecular flexibility index (Phi) is 6.52. The molecule has 0 aromatic heterocycles. The van der Waals surface area contributed by atoms with Gasteiger partial charge in [-0.2, -0.15) is 0 Å². The maximum absolute atomic E-state index is 5.23. The van der Waals surface area contributed by atoms with Crippen LogP contribution < -0.4 is 5.32 Å². The molecule has 1 heteroatoms. The van der Waals surface area contributed by atoms with Crippen molar-refractivity contribution in [3.8, 4) is 12.3 Å². The van der Waals surface area contributed by atoms with Crippen molar-refractivity contribution in [3.05, 3.63) is 0 Å². The molecule has 0 unspecified atom stereocenters. The van der Waals surface area contributed by atoms with E-state index in [0.717, 1.165) is 25.3 Å². The van der Waals surface area contributed by atoms with E-state index < -0.39 is 0 Å². The fraction of sp³-hybridized carbons (Fsp3) is 0.857. The van der Waals surface area contributed by atoms with Gasteiger partial charge < -0.3 is 5.32 Å². The van der Waals surface area contributed by atoms with E-state index in [0.29, 0.717) is 6.04 Å². The van der Waals surface area contributed by atoms with Crippen LogP contribution in [0.15, 0.2) is 0 Å². The van der Waals surface area contributed by atoms with Crippen molar-refractivity contribution >= 4 is 0 Å². The molecule has 15 heavy (non-hydrogen) atoms. The van der Waals surface area contributed by atoms with Gasteiger partial charge in [-0.05, 0) is 38.6 Å². The highest BCUT2D eigenvalue weighted by Gasteiger charge is 2.17. The van der Waals surface area contributed by atoms with Gasteiger partial charge in [0.25, 0.3) is 0 Å². The van der Waals surface area contributed by atoms with E-state index in [1.165, 1.54) is 38.5 Å². The van der Waals surface area contributed by atoms with Crippen LogP contribution in [0, 0.1) is 18.3 Å². The van der Waals surface area contributed by atoms with E-state index in [-0.39, 0.29) is 0 Å². The number of terminal acetylenes is 1. The summed E-state index contributed by atoms with van der Waals surface area (Å²) in [6, 6.07) is 0.681. The van der Waals surface area contributed by atoms with Crippen molar-refractivity contribution in [2.45, 2.75) is 64.3 Å². The van der Waals surface area contributed by atoms with Gasteiger partial charge in [-0.1, -0.05) is 25.7 Å². The Labute approximate surface area is 95.0 Å². The monoisotopic (exact) mass is 207 g/mol. The van der Waals surface area contributed by atoms with Gasteiger partial charge in [0, 0.05) is 12.5 Å². The number of hydrogen-bond donors (Lipinski definition) is 1. The van der Waals surface area contributed by atoms with E-state index in [9.17, 15) is 0 Å². The van der Waals surface area contributed by atoms with Crippen LogP contribution in [0.5, 0.6) is 0 Å². The third kappa shape index (κ3) is 5.23. The van der Waals surface area contributed by atoms with Crippen LogP contribution >= 0.6 is 0 Å². The second-order valence-corrected chi connectivity index (χ2v) is 4.80. The van der Waals surface area contributed by atoms with Crippen molar-refractivity contribution < 1.29 is 0 Å². The molecule has 0 bridgehead atoms. The van der Waals surface area contributed by atoms with E-state index in [1.54, 1.807) is 0 Å². The summed E-state index contributed by atoms with van der Waals surface area (Å²) in [5.74, 6) is 3.59. The Morgan fingerprint density at radius 1 is 1.27 bits per heavy atom. The number of rotatable bonds is 5. The van der Waals surface area contributed by atoms with Crippen molar-refractivity contribution in [2.75, 3.05) is 6.54 Å². The van der Waals surface area contributed by atoms with Gasteiger partial charge in [0.2, 0.25) is 0 Å². The first-order chi connectivity index (χ1) is 7.34. The molecule has 1 rings (SSSR count). The van der Waals surface area contributed by atoms with Gasteiger partial charge in [0.05, 0.1) is 0 Å². The lowest BCUT2D eigenvalue weighted by Gasteiger charge is -2.23. The van der Waals surface area contributed by atoms with Crippen molar-refractivity contribution in [2.24, 2.45) is 5.92 Å². The summed E-state index contributed by atoms with van der Waals surface area (Å²) in [7, 11) is 0. The van der Waals surface area contributed by atoms with Gasteiger partial charge in [-0.25, -0.2) is 0 Å². The summed E-state index contributed by atoms with van der Waals surface area (Å²) in [6.45, 7) is 3.42. The predicted octanol–water partition coefficient (Wildman–Crippen LogP) is 3.35. The summed E-state index contributed by atoms with van der Waals surface area (Å²) in [4.78, 5) is 0. The Hall–Kier alpha value is -0.480. The van der Waals surface area contributed by atoms with E-state index in [2.05, 4.69) is 18.2 Å². The minimum atomic E-state index is 0.681. The standard InChI is InChI=1S/C14H25N/c1-3-4-9-12-15-13(2)14-10-7-5-6-8-11-14/h1,13-15H,4-12H2,2H3/t13-/m1/s1. The predicted molar refractivity (Wildman–Crippen MR) is 66.7 cm³/mol. The largest absolute Gasteiger partial charge is 0.314 e. The van der Waals surface area contributed by atoms with Crippen LogP contribution in [-0.2, 0) is 0 Å². The minimum Gasteiger partial charge on any atom is -0.314 e.